The summed E-state index contributed by atoms with van der Waals surface area (Å²) in [7, 11) is 1.59. The molecular weight excluding hydrogens is 621 g/mol. The van der Waals surface area contributed by atoms with Gasteiger partial charge < -0.3 is 23.9 Å². The third kappa shape index (κ3) is 8.04. The standard InChI is InChI=1S/C36H38FN3O6.H2S/c1-23-35(46-22-38-23)21-45-34-17-26-11-13-39(18-29(26)16-32(34)37)20-30(41)7-10-33(42)27-3-4-28-19-40(14-12-25(28)15-27)36(43)24-5-8-31(44-2)9-6-24;/h3-6,8-9,15-17,22,30,41H,7,10-14,18-21H2,1-2H3;1H2/t30-;/m0./s1. The molecule has 11 heteroatoms. The van der Waals surface area contributed by atoms with Gasteiger partial charge in [0.15, 0.2) is 29.5 Å². The first-order chi connectivity index (χ1) is 22.3. The number of fused-ring (bicyclic) bond motifs is 2. The molecule has 47 heavy (non-hydrogen) atoms. The van der Waals surface area contributed by atoms with Crippen LogP contribution in [0.3, 0.4) is 0 Å². The van der Waals surface area contributed by atoms with Crippen LogP contribution in [0.5, 0.6) is 11.5 Å². The van der Waals surface area contributed by atoms with E-state index in [1.54, 1.807) is 37.4 Å². The maximum absolute atomic E-state index is 14.8. The summed E-state index contributed by atoms with van der Waals surface area (Å²) < 4.78 is 30.9. The van der Waals surface area contributed by atoms with Crippen molar-refractivity contribution in [3.8, 4) is 11.5 Å². The minimum absolute atomic E-state index is 0. The fraction of sp³-hybridized carbons (Fsp3) is 0.361. The first kappa shape index (κ1) is 34.2. The number of oxazole rings is 1. The molecule has 0 bridgehead atoms. The molecule has 1 N–H and O–H groups in total. The number of ether oxygens (including phenoxy) is 2. The lowest BCUT2D eigenvalue weighted by molar-refractivity contribution is 0.0734. The number of aliphatic hydroxyl groups is 1. The Bertz CT molecular complexity index is 1730. The van der Waals surface area contributed by atoms with Gasteiger partial charge in [0.2, 0.25) is 0 Å². The molecule has 0 unspecified atom stereocenters. The Morgan fingerprint density at radius 1 is 0.979 bits per heavy atom. The summed E-state index contributed by atoms with van der Waals surface area (Å²) in [6.45, 7) is 4.62. The molecule has 0 radical (unpaired) electrons. The number of Topliss-reactive ketones (excluding diaryl/α,β-unsaturated/α-hetero) is 1. The number of ketones is 1. The number of rotatable bonds is 11. The van der Waals surface area contributed by atoms with Gasteiger partial charge in [-0.1, -0.05) is 12.1 Å². The van der Waals surface area contributed by atoms with E-state index >= 15 is 0 Å². The third-order valence-electron chi connectivity index (χ3n) is 8.89. The highest BCUT2D eigenvalue weighted by atomic mass is 32.1. The number of hydrogen-bond donors (Lipinski definition) is 1. The Balaban J connectivity index is 0.00000433. The fourth-order valence-electron chi connectivity index (χ4n) is 6.14. The molecule has 3 aromatic carbocycles. The topological polar surface area (TPSA) is 105 Å². The molecule has 9 nitrogen and oxygen atoms in total. The highest BCUT2D eigenvalue weighted by Crippen LogP contribution is 2.29. The predicted octanol–water partition coefficient (Wildman–Crippen LogP) is 5.40. The minimum atomic E-state index is -0.682. The van der Waals surface area contributed by atoms with Gasteiger partial charge in [-0.2, -0.15) is 13.5 Å². The number of aromatic nitrogens is 1. The van der Waals surface area contributed by atoms with Crippen LogP contribution in [0.2, 0.25) is 0 Å². The number of hydrogen-bond acceptors (Lipinski definition) is 8. The molecule has 0 spiro atoms. The summed E-state index contributed by atoms with van der Waals surface area (Å²) in [5.74, 6) is 0.965. The summed E-state index contributed by atoms with van der Waals surface area (Å²) in [5.41, 5.74) is 5.95. The number of aliphatic hydroxyl groups excluding tert-OH is 1. The smallest absolute Gasteiger partial charge is 0.254 e. The summed E-state index contributed by atoms with van der Waals surface area (Å²) >= 11 is 0. The largest absolute Gasteiger partial charge is 0.497 e. The minimum Gasteiger partial charge on any atom is -0.497 e. The average molecular weight is 662 g/mol. The molecule has 0 saturated heterocycles. The highest BCUT2D eigenvalue weighted by Gasteiger charge is 2.24. The summed E-state index contributed by atoms with van der Waals surface area (Å²) in [4.78, 5) is 34.0. The molecule has 1 amide bonds. The second-order valence-corrected chi connectivity index (χ2v) is 12.0. The van der Waals surface area contributed by atoms with Crippen molar-refractivity contribution in [3.05, 3.63) is 112 Å². The number of carbonyl (C=O) groups excluding carboxylic acids is 2. The number of benzene rings is 3. The SMILES string of the molecule is COc1ccc(C(=O)N2CCc3cc(C(=O)CC[C@H](O)CN4CCc5cc(OCc6ocnc6C)c(F)cc5C4)ccc3C2)cc1.S. The van der Waals surface area contributed by atoms with Gasteiger partial charge in [0.25, 0.3) is 5.91 Å². The van der Waals surface area contributed by atoms with Gasteiger partial charge in [-0.3, -0.25) is 14.5 Å². The Labute approximate surface area is 280 Å². The third-order valence-corrected chi connectivity index (χ3v) is 8.89. The molecule has 4 aromatic rings. The van der Waals surface area contributed by atoms with E-state index in [-0.39, 0.29) is 44.0 Å². The first-order valence-electron chi connectivity index (χ1n) is 15.6. The van der Waals surface area contributed by atoms with Gasteiger partial charge in [0, 0.05) is 50.3 Å². The van der Waals surface area contributed by atoms with Crippen molar-refractivity contribution in [2.24, 2.45) is 0 Å². The van der Waals surface area contributed by atoms with Crippen molar-refractivity contribution in [1.82, 2.24) is 14.8 Å². The Kier molecular flexibility index (Phi) is 11.0. The van der Waals surface area contributed by atoms with E-state index in [9.17, 15) is 19.1 Å². The second-order valence-electron chi connectivity index (χ2n) is 12.0. The molecule has 6 rings (SSSR count). The number of β-amino-alcohol motifs (C(OH)–C–C–N with tert-alkyl or cyclic N) is 1. The monoisotopic (exact) mass is 661 g/mol. The number of nitrogens with zero attached hydrogens (tertiary/aromatic N) is 3. The van der Waals surface area contributed by atoms with Crippen LogP contribution in [-0.2, 0) is 32.5 Å². The van der Waals surface area contributed by atoms with Crippen LogP contribution in [0.25, 0.3) is 0 Å². The molecule has 2 aliphatic rings. The van der Waals surface area contributed by atoms with E-state index in [0.29, 0.717) is 80.3 Å². The van der Waals surface area contributed by atoms with E-state index in [1.807, 2.05) is 30.0 Å². The number of methoxy groups -OCH3 is 1. The van der Waals surface area contributed by atoms with Crippen molar-refractivity contribution in [3.63, 3.8) is 0 Å². The molecule has 2 aliphatic heterocycles. The first-order valence-corrected chi connectivity index (χ1v) is 15.6. The van der Waals surface area contributed by atoms with Crippen molar-refractivity contribution in [2.45, 2.75) is 58.4 Å². The number of carbonyl (C=O) groups is 2. The lowest BCUT2D eigenvalue weighted by atomic mass is 9.94. The van der Waals surface area contributed by atoms with Crippen LogP contribution < -0.4 is 9.47 Å². The molecule has 0 saturated carbocycles. The molecule has 0 fully saturated rings. The van der Waals surface area contributed by atoms with Crippen molar-refractivity contribution >= 4 is 25.2 Å². The van der Waals surface area contributed by atoms with Crippen molar-refractivity contribution in [2.75, 3.05) is 26.7 Å². The van der Waals surface area contributed by atoms with Crippen LogP contribution in [0, 0.1) is 12.7 Å². The Morgan fingerprint density at radius 3 is 2.47 bits per heavy atom. The van der Waals surface area contributed by atoms with E-state index in [1.165, 1.54) is 12.5 Å². The zero-order chi connectivity index (χ0) is 32.2. The summed E-state index contributed by atoms with van der Waals surface area (Å²) in [5, 5.41) is 10.8. The van der Waals surface area contributed by atoms with Crippen molar-refractivity contribution < 1.29 is 33.0 Å². The van der Waals surface area contributed by atoms with Crippen LogP contribution >= 0.6 is 13.5 Å². The average Bonchev–Trinajstić information content (AvgIpc) is 3.49. The lowest BCUT2D eigenvalue weighted by Crippen LogP contribution is -2.37. The normalized spacial score (nSPS) is 14.9. The quantitative estimate of drug-likeness (QED) is 0.213. The van der Waals surface area contributed by atoms with E-state index in [4.69, 9.17) is 13.9 Å². The summed E-state index contributed by atoms with van der Waals surface area (Å²) in [6.07, 6.45) is 2.61. The van der Waals surface area contributed by atoms with Gasteiger partial charge in [-0.05, 0) is 90.9 Å². The Morgan fingerprint density at radius 2 is 1.72 bits per heavy atom. The van der Waals surface area contributed by atoms with Crippen LogP contribution in [0.15, 0.2) is 65.4 Å². The number of amides is 1. The van der Waals surface area contributed by atoms with Crippen LogP contribution in [0.4, 0.5) is 4.39 Å². The molecule has 0 aliphatic carbocycles. The van der Waals surface area contributed by atoms with E-state index in [0.717, 1.165) is 22.3 Å². The molecular formula is C36H40FN3O6S. The van der Waals surface area contributed by atoms with Crippen molar-refractivity contribution in [1.29, 1.82) is 0 Å². The molecule has 3 heterocycles. The van der Waals surface area contributed by atoms with Gasteiger partial charge in [0.05, 0.1) is 18.9 Å². The maximum atomic E-state index is 14.8. The second kappa shape index (κ2) is 15.1. The molecule has 1 aromatic heterocycles. The zero-order valence-electron chi connectivity index (χ0n) is 26.6. The zero-order valence-corrected chi connectivity index (χ0v) is 27.6. The van der Waals surface area contributed by atoms with Gasteiger partial charge >= 0.3 is 0 Å². The van der Waals surface area contributed by atoms with Gasteiger partial charge in [-0.15, -0.1) is 0 Å². The fourth-order valence-corrected chi connectivity index (χ4v) is 6.14. The molecule has 248 valence electrons. The Hall–Kier alpha value is -4.19. The van der Waals surface area contributed by atoms with E-state index < -0.39 is 11.9 Å². The highest BCUT2D eigenvalue weighted by molar-refractivity contribution is 7.59. The number of halogens is 1. The van der Waals surface area contributed by atoms with Gasteiger partial charge in [-0.25, -0.2) is 9.37 Å². The van der Waals surface area contributed by atoms with Gasteiger partial charge in [0.1, 0.15) is 12.4 Å². The molecule has 1 atom stereocenters. The van der Waals surface area contributed by atoms with E-state index in [2.05, 4.69) is 9.88 Å². The number of aryl methyl sites for hydroxylation is 1. The summed E-state index contributed by atoms with van der Waals surface area (Å²) in [6, 6.07) is 16.0. The van der Waals surface area contributed by atoms with Crippen LogP contribution in [0.1, 0.15) is 67.3 Å². The maximum Gasteiger partial charge on any atom is 0.254 e. The predicted molar refractivity (Wildman–Crippen MR) is 179 cm³/mol. The lowest BCUT2D eigenvalue weighted by Gasteiger charge is -2.30. The van der Waals surface area contributed by atoms with Crippen LogP contribution in [-0.4, -0.2) is 64.4 Å².